The van der Waals surface area contributed by atoms with Crippen molar-refractivity contribution in [2.75, 3.05) is 21.7 Å². The molecule has 4 amide bonds. The summed E-state index contributed by atoms with van der Waals surface area (Å²) in [5, 5.41) is 25.0. The highest BCUT2D eigenvalue weighted by Crippen LogP contribution is 2.42. The molecule has 0 spiro atoms. The first-order valence-electron chi connectivity index (χ1n) is 15.0. The van der Waals surface area contributed by atoms with Crippen LogP contribution in [-0.4, -0.2) is 87.2 Å². The number of β-lactam (4-membered cyclic amide) rings is 1. The number of nitrogens with two attached hydrogens (primary N) is 1. The van der Waals surface area contributed by atoms with Crippen molar-refractivity contribution in [3.63, 3.8) is 0 Å². The van der Waals surface area contributed by atoms with Gasteiger partial charge in [-0.1, -0.05) is 43.2 Å². The van der Waals surface area contributed by atoms with Crippen molar-refractivity contribution in [1.29, 1.82) is 0 Å². The molecular formula is C29H31N9O7S3. The van der Waals surface area contributed by atoms with Gasteiger partial charge in [-0.3, -0.25) is 29.2 Å². The van der Waals surface area contributed by atoms with Crippen LogP contribution >= 0.6 is 35.1 Å². The average molecular weight is 714 g/mol. The molecule has 3 atom stereocenters. The normalized spacial score (nSPS) is 20.0. The number of benzene rings is 1. The van der Waals surface area contributed by atoms with Crippen molar-refractivity contribution in [3.8, 4) is 5.75 Å². The Balaban J connectivity index is 1.25. The minimum absolute atomic E-state index is 0.113. The highest BCUT2D eigenvalue weighted by molar-refractivity contribution is 8.01. The summed E-state index contributed by atoms with van der Waals surface area (Å²) in [7, 11) is 0. The summed E-state index contributed by atoms with van der Waals surface area (Å²) in [5.74, 6) is -2.12. The lowest BCUT2D eigenvalue weighted by Gasteiger charge is -2.49. The number of anilines is 2. The van der Waals surface area contributed by atoms with Crippen LogP contribution in [0.3, 0.4) is 0 Å². The number of carbonyl (C=O) groups excluding carboxylic acids is 3. The second-order valence-corrected chi connectivity index (χ2v) is 14.4. The van der Waals surface area contributed by atoms with Gasteiger partial charge in [-0.05, 0) is 47.6 Å². The van der Waals surface area contributed by atoms with Crippen LogP contribution in [0.15, 0.2) is 57.2 Å². The number of primary amides is 1. The van der Waals surface area contributed by atoms with Crippen LogP contribution in [-0.2, 0) is 14.4 Å². The zero-order chi connectivity index (χ0) is 33.9. The number of rotatable bonds is 11. The fourth-order valence-electron chi connectivity index (χ4n) is 5.93. The minimum Gasteiger partial charge on any atom is -0.508 e. The summed E-state index contributed by atoms with van der Waals surface area (Å²) >= 11 is 3.77. The molecule has 3 aliphatic rings. The Bertz CT molecular complexity index is 1800. The second-order valence-electron chi connectivity index (χ2n) is 11.3. The Hall–Kier alpha value is -4.62. The van der Waals surface area contributed by atoms with E-state index in [2.05, 4.69) is 30.0 Å². The number of thioether (sulfide) groups is 2. The number of urea groups is 1. The number of carboxylic acid groups (broad SMARTS) is 1. The molecule has 3 aromatic rings. The smallest absolute Gasteiger partial charge is 0.352 e. The van der Waals surface area contributed by atoms with E-state index in [1.807, 2.05) is 0 Å². The van der Waals surface area contributed by atoms with Gasteiger partial charge in [0.05, 0.1) is 6.20 Å². The first kappa shape index (κ1) is 33.3. The first-order valence-corrected chi connectivity index (χ1v) is 17.8. The van der Waals surface area contributed by atoms with E-state index in [9.17, 15) is 34.2 Å². The summed E-state index contributed by atoms with van der Waals surface area (Å²) < 4.78 is 4.59. The molecule has 1 saturated heterocycles. The van der Waals surface area contributed by atoms with Crippen LogP contribution in [0.25, 0.3) is 0 Å². The van der Waals surface area contributed by atoms with E-state index < -0.39 is 46.8 Å². The highest BCUT2D eigenvalue weighted by Gasteiger charge is 2.55. The number of nitrogens with zero attached hydrogens (tertiary/aromatic N) is 5. The van der Waals surface area contributed by atoms with Crippen molar-refractivity contribution < 1.29 is 29.4 Å². The summed E-state index contributed by atoms with van der Waals surface area (Å²) in [5.41, 5.74) is 5.27. The van der Waals surface area contributed by atoms with E-state index in [1.165, 1.54) is 65.6 Å². The van der Waals surface area contributed by atoms with E-state index in [0.717, 1.165) is 48.1 Å². The van der Waals surface area contributed by atoms with Gasteiger partial charge in [0, 0.05) is 17.5 Å². The maximum Gasteiger partial charge on any atom is 0.352 e. The van der Waals surface area contributed by atoms with Gasteiger partial charge in [0.15, 0.2) is 4.34 Å². The molecule has 7 N–H and O–H groups in total. The number of carboxylic acids is 1. The summed E-state index contributed by atoms with van der Waals surface area (Å²) in [6.07, 6.45) is 7.65. The topological polar surface area (TPSA) is 237 Å². The van der Waals surface area contributed by atoms with Crippen molar-refractivity contribution in [2.24, 2.45) is 5.73 Å². The van der Waals surface area contributed by atoms with Crippen molar-refractivity contribution in [3.05, 3.63) is 64.0 Å². The number of aromatic nitrogens is 4. The molecule has 4 heterocycles. The Morgan fingerprint density at radius 3 is 2.54 bits per heavy atom. The van der Waals surface area contributed by atoms with Gasteiger partial charge < -0.3 is 26.6 Å². The van der Waals surface area contributed by atoms with Gasteiger partial charge in [0.25, 0.3) is 11.5 Å². The standard InChI is InChI=1S/C29H31N9O7S3/c30-27(45)37(18-10-31-28(36-22(18)40)34-16-4-2-1-3-5-16)20(14-6-8-17(39)9-7-14)23(41)35-19-24(42)38-21(26(43)44)15(11-46-25(19)38)12-47-29-32-13-33-48-29/h6-10,13,16,19-20,25,39H,1-5,11-12H2,(H2,30,45)(H,35,41)(H,43,44)(H2,31,34,36,40)/t19?,20?,25-/m0/s1. The molecular weight excluding hydrogens is 683 g/mol. The largest absolute Gasteiger partial charge is 0.508 e. The fourth-order valence-corrected chi connectivity index (χ4v) is 8.86. The predicted molar refractivity (Wildman–Crippen MR) is 179 cm³/mol. The second kappa shape index (κ2) is 14.2. The van der Waals surface area contributed by atoms with Gasteiger partial charge in [-0.15, -0.1) is 11.8 Å². The number of phenolic OH excluding ortho intramolecular Hbond substituents is 1. The molecule has 252 valence electrons. The fraction of sp³-hybridized carbons (Fsp3) is 0.379. The third-order valence-corrected chi connectivity index (χ3v) is 11.4. The molecule has 1 saturated carbocycles. The molecule has 2 aliphatic heterocycles. The molecule has 16 nitrogen and oxygen atoms in total. The molecule has 2 aromatic heterocycles. The van der Waals surface area contributed by atoms with Crippen LogP contribution in [0.1, 0.15) is 43.7 Å². The number of hydrogen-bond acceptors (Lipinski definition) is 13. The third-order valence-electron chi connectivity index (χ3n) is 8.20. The number of fused-ring (bicyclic) bond motifs is 1. The lowest BCUT2D eigenvalue weighted by molar-refractivity contribution is -0.150. The molecule has 0 radical (unpaired) electrons. The van der Waals surface area contributed by atoms with Gasteiger partial charge in [0.1, 0.15) is 40.9 Å². The average Bonchev–Trinajstić information content (AvgIpc) is 3.60. The van der Waals surface area contributed by atoms with E-state index in [0.29, 0.717) is 9.91 Å². The van der Waals surface area contributed by atoms with E-state index in [-0.39, 0.29) is 46.2 Å². The van der Waals surface area contributed by atoms with Crippen LogP contribution in [0, 0.1) is 0 Å². The summed E-state index contributed by atoms with van der Waals surface area (Å²) in [6, 6.07) is 1.65. The zero-order valence-corrected chi connectivity index (χ0v) is 27.6. The predicted octanol–water partition coefficient (Wildman–Crippen LogP) is 2.23. The number of aromatic amines is 1. The van der Waals surface area contributed by atoms with E-state index in [1.54, 1.807) is 0 Å². The third kappa shape index (κ3) is 6.83. The van der Waals surface area contributed by atoms with Gasteiger partial charge in [-0.2, -0.15) is 4.37 Å². The number of carbonyl (C=O) groups is 4. The van der Waals surface area contributed by atoms with E-state index >= 15 is 0 Å². The molecule has 1 aliphatic carbocycles. The highest BCUT2D eigenvalue weighted by atomic mass is 32.2. The molecule has 2 fully saturated rings. The summed E-state index contributed by atoms with van der Waals surface area (Å²) in [4.78, 5) is 79.0. The SMILES string of the molecule is NC(=O)N(c1cnc(NC2CCCCC2)[nH]c1=O)C(C(=O)NC1C(=O)N2C(C(=O)O)=C(CSc3ncns3)CS[C@@H]12)c1ccc(O)cc1. The van der Waals surface area contributed by atoms with E-state index in [4.69, 9.17) is 5.73 Å². The lowest BCUT2D eigenvalue weighted by Crippen LogP contribution is -2.71. The lowest BCUT2D eigenvalue weighted by atomic mass is 9.96. The van der Waals surface area contributed by atoms with Gasteiger partial charge in [-0.25, -0.2) is 19.6 Å². The summed E-state index contributed by atoms with van der Waals surface area (Å²) in [6.45, 7) is 0. The first-order chi connectivity index (χ1) is 23.1. The monoisotopic (exact) mass is 713 g/mol. The number of amides is 4. The number of nitrogens with one attached hydrogen (secondary N) is 3. The number of phenols is 1. The van der Waals surface area contributed by atoms with Gasteiger partial charge >= 0.3 is 12.0 Å². The number of H-pyrrole nitrogens is 1. The molecule has 6 rings (SSSR count). The Morgan fingerprint density at radius 2 is 1.90 bits per heavy atom. The number of hydrogen-bond donors (Lipinski definition) is 6. The van der Waals surface area contributed by atoms with Crippen molar-refractivity contribution in [2.45, 2.75) is 59.9 Å². The molecule has 2 unspecified atom stereocenters. The Kier molecular flexibility index (Phi) is 9.88. The maximum absolute atomic E-state index is 14.0. The maximum atomic E-state index is 14.0. The van der Waals surface area contributed by atoms with Crippen LogP contribution in [0.2, 0.25) is 0 Å². The number of aromatic hydroxyl groups is 1. The molecule has 48 heavy (non-hydrogen) atoms. The zero-order valence-electron chi connectivity index (χ0n) is 25.2. The Labute approximate surface area is 285 Å². The van der Waals surface area contributed by atoms with Crippen LogP contribution in [0.5, 0.6) is 5.75 Å². The van der Waals surface area contributed by atoms with Crippen LogP contribution < -0.4 is 26.8 Å². The molecule has 19 heteroatoms. The molecule has 0 bridgehead atoms. The van der Waals surface area contributed by atoms with Crippen LogP contribution in [0.4, 0.5) is 16.4 Å². The quantitative estimate of drug-likeness (QED) is 0.124. The minimum atomic E-state index is -1.56. The molecule has 1 aromatic carbocycles. The van der Waals surface area contributed by atoms with Crippen molar-refractivity contribution >= 4 is 70.5 Å². The van der Waals surface area contributed by atoms with Gasteiger partial charge in [0.2, 0.25) is 11.9 Å². The Morgan fingerprint density at radius 1 is 1.15 bits per heavy atom. The van der Waals surface area contributed by atoms with Crippen molar-refractivity contribution in [1.82, 2.24) is 29.5 Å². The number of aliphatic carboxylic acids is 1.